The van der Waals surface area contributed by atoms with Gasteiger partial charge >= 0.3 is 35.8 Å². The molecule has 546 valence electrons. The molecule has 1 aliphatic rings. The molecule has 5 unspecified atom stereocenters. The fourth-order valence-electron chi connectivity index (χ4n) is 7.76. The van der Waals surface area contributed by atoms with E-state index in [0.29, 0.717) is 17.5 Å². The number of carbonyl (C=O) groups is 7. The lowest BCUT2D eigenvalue weighted by Gasteiger charge is -2.19. The molecule has 0 aliphatic heterocycles. The molecule has 0 spiro atoms. The molecule has 26 heteroatoms. The molecule has 5 aromatic carbocycles. The maximum absolute atomic E-state index is 12.6. The minimum absolute atomic E-state index is 0.0458. The van der Waals surface area contributed by atoms with Gasteiger partial charge in [0.1, 0.15) is 38.1 Å². The number of fused-ring (bicyclic) bond motifs is 1. The van der Waals surface area contributed by atoms with Crippen LogP contribution in [0.15, 0.2) is 155 Å². The van der Waals surface area contributed by atoms with E-state index in [4.69, 9.17) is 28.9 Å². The Morgan fingerprint density at radius 3 is 1.17 bits per heavy atom. The van der Waals surface area contributed by atoms with Crippen molar-refractivity contribution in [1.82, 2.24) is 0 Å². The monoisotopic (exact) mass is 1450 g/mol. The highest BCUT2D eigenvalue weighted by molar-refractivity contribution is 7.92. The minimum atomic E-state index is -3.56. The van der Waals surface area contributed by atoms with Crippen LogP contribution < -0.4 is 0 Å². The van der Waals surface area contributed by atoms with Gasteiger partial charge in [-0.3, -0.25) is 33.6 Å². The third-order valence-corrected chi connectivity index (χ3v) is 18.9. The lowest BCUT2D eigenvalue weighted by atomic mass is 10.1. The van der Waals surface area contributed by atoms with Crippen molar-refractivity contribution in [3.8, 4) is 6.07 Å². The number of carbonyl (C=O) groups excluding carboxylic acids is 7. The van der Waals surface area contributed by atoms with E-state index in [1.165, 1.54) is 12.1 Å². The lowest BCUT2D eigenvalue weighted by Crippen LogP contribution is -2.26. The molecule has 0 fully saturated rings. The minimum Gasteiger partial charge on any atom is -0.465 e. The lowest BCUT2D eigenvalue weighted by molar-refractivity contribution is -0.153. The number of ketones is 1. The van der Waals surface area contributed by atoms with Crippen molar-refractivity contribution in [2.75, 3.05) is 55.3 Å². The molecule has 6 rings (SSSR count). The third kappa shape index (κ3) is 37.0. The number of ether oxygens (including phenoxy) is 6. The van der Waals surface area contributed by atoms with E-state index in [9.17, 15) is 67.2 Å². The van der Waals surface area contributed by atoms with Crippen LogP contribution in [0.2, 0.25) is 0 Å². The molecule has 0 N–H and O–H groups in total. The molecule has 0 saturated heterocycles. The van der Waals surface area contributed by atoms with Gasteiger partial charge in [0.25, 0.3) is 0 Å². The van der Waals surface area contributed by atoms with Gasteiger partial charge in [0.15, 0.2) is 45.1 Å². The summed E-state index contributed by atoms with van der Waals surface area (Å²) in [5.74, 6) is -4.46. The van der Waals surface area contributed by atoms with Crippen LogP contribution in [0.3, 0.4) is 0 Å². The summed E-state index contributed by atoms with van der Waals surface area (Å²) in [5, 5.41) is 8.34. The summed E-state index contributed by atoms with van der Waals surface area (Å²) in [5.41, 5.74) is 3.19. The van der Waals surface area contributed by atoms with Crippen molar-refractivity contribution in [3.63, 3.8) is 0 Å². The first-order valence-corrected chi connectivity index (χ1v) is 39.6. The normalized spacial score (nSPS) is 13.7. The van der Waals surface area contributed by atoms with Gasteiger partial charge in [0.2, 0.25) is 0 Å². The quantitative estimate of drug-likeness (QED) is 0.0366. The summed E-state index contributed by atoms with van der Waals surface area (Å²) in [6.07, 6.45) is 0.709. The van der Waals surface area contributed by atoms with Crippen molar-refractivity contribution < 1.29 is 95.7 Å². The maximum Gasteiger partial charge on any atom is 0.309 e. The molecular weight excluding hydrogens is 1360 g/mol. The van der Waals surface area contributed by atoms with E-state index in [-0.39, 0.29) is 130 Å². The Bertz CT molecular complexity index is 3840. The number of rotatable bonds is 26. The summed E-state index contributed by atoms with van der Waals surface area (Å²) in [6, 6.07) is 43.7. The zero-order valence-electron chi connectivity index (χ0n) is 59.5. The zero-order valence-corrected chi connectivity index (χ0v) is 62.8. The van der Waals surface area contributed by atoms with Gasteiger partial charge in [-0.1, -0.05) is 204 Å². The first-order valence-electron chi connectivity index (χ1n) is 32.2. The number of sulfone groups is 4. The molecule has 0 saturated carbocycles. The Labute approximate surface area is 586 Å². The fourth-order valence-corrected chi connectivity index (χ4v) is 11.8. The van der Waals surface area contributed by atoms with Crippen molar-refractivity contribution >= 4 is 80.9 Å². The van der Waals surface area contributed by atoms with Gasteiger partial charge in [0, 0.05) is 18.1 Å². The Balaban J connectivity index is 0.000000604. The molecule has 99 heavy (non-hydrogen) atoms. The van der Waals surface area contributed by atoms with Crippen LogP contribution in [0.1, 0.15) is 136 Å². The topological polar surface area (TPSA) is 335 Å². The number of hydrogen-bond acceptors (Lipinski definition) is 22. The summed E-state index contributed by atoms with van der Waals surface area (Å²) in [7, 11) is -13.2. The number of hydrogen-bond donors (Lipinski definition) is 0. The number of benzene rings is 5. The summed E-state index contributed by atoms with van der Waals surface area (Å²) < 4.78 is 123. The van der Waals surface area contributed by atoms with E-state index >= 15 is 0 Å². The van der Waals surface area contributed by atoms with Crippen LogP contribution in [0.25, 0.3) is 0 Å². The molecule has 0 amide bonds. The van der Waals surface area contributed by atoms with Crippen LogP contribution in [-0.4, -0.2) is 137 Å². The summed E-state index contributed by atoms with van der Waals surface area (Å²) >= 11 is 0. The second-order valence-corrected chi connectivity index (χ2v) is 33.7. The Hall–Kier alpha value is -8.12. The Morgan fingerprint density at radius 1 is 0.434 bits per heavy atom. The van der Waals surface area contributed by atoms with Crippen LogP contribution in [0, 0.1) is 58.7 Å². The third-order valence-electron chi connectivity index (χ3n) is 13.4. The first-order chi connectivity index (χ1) is 46.0. The molecule has 5 atom stereocenters. The fraction of sp³-hybridized carbons (Fsp3) is 0.479. The maximum atomic E-state index is 12.6. The molecule has 1 aliphatic carbocycles. The second kappa shape index (κ2) is 44.1. The standard InChI is InChI=1S/C18H20O4S.C14H16O3.2C13H18O4S.C8H13NO2.C7H14O4S/c1-14(2)18(19)22-17(15-9-5-3-6-10-15)13-23(20,21)16-11-7-4-8-12-16;1-9(2)14(16)17-8-11-7-10-5-3-4-6-12(10)13(11)15;1-10(2)13(14)17-12(9-18(3,15)16)11-7-5-4-6-8-11;1-10(2)13(14)17-11(3)9-18(15,16)12-7-5-4-6-8-12;1-6(2)8(10)11-5-7(3)4-9;1-6(2)7(8)11-4-5-12(3,9)10/h3-12,14,17H,13H2,1-2H3;3-6,9,11H,7-8H2,1-2H3;4-8,10,12H,9H2,1-3H3;4-8,10-11H,9H2,1-3H3;6-7H,5H2,1-3H3;6H,4-5H2,1-3H3. The average Bonchev–Trinajstić information content (AvgIpc) is 1.76. The Kier molecular flexibility index (Phi) is 39.6. The average molecular weight is 1450 g/mol. The molecule has 0 heterocycles. The molecule has 22 nitrogen and oxygen atoms in total. The summed E-state index contributed by atoms with van der Waals surface area (Å²) in [4.78, 5) is 80.3. The van der Waals surface area contributed by atoms with E-state index in [2.05, 4.69) is 4.74 Å². The predicted molar refractivity (Wildman–Crippen MR) is 377 cm³/mol. The number of nitriles is 1. The number of Topliss-reactive ketones (excluding diaryl/α,β-unsaturated/α-hetero) is 1. The van der Waals surface area contributed by atoms with Gasteiger partial charge < -0.3 is 28.4 Å². The van der Waals surface area contributed by atoms with Crippen LogP contribution in [0.5, 0.6) is 0 Å². The SMILES string of the molecule is CC(C#N)COC(=O)C(C)C.CC(C)C(=O)OC(CS(=O)(=O)c1ccccc1)c1ccccc1.CC(C)C(=O)OC(CS(C)(=O)=O)c1ccccc1.CC(C)C(=O)OCC1Cc2ccccc2C1=O.CC(C)C(=O)OCCS(C)(=O)=O.CC(CS(=O)(=O)c1ccccc1)OC(=O)C(C)C. The highest BCUT2D eigenvalue weighted by atomic mass is 32.2. The van der Waals surface area contributed by atoms with Crippen LogP contribution >= 0.6 is 0 Å². The van der Waals surface area contributed by atoms with E-state index in [1.54, 1.807) is 194 Å². The summed E-state index contributed by atoms with van der Waals surface area (Å²) in [6.45, 7) is 24.4. The highest BCUT2D eigenvalue weighted by Crippen LogP contribution is 2.28. The first kappa shape index (κ1) is 88.9. The van der Waals surface area contributed by atoms with Crippen molar-refractivity contribution in [3.05, 3.63) is 168 Å². The largest absolute Gasteiger partial charge is 0.465 e. The molecule has 5 aromatic rings. The van der Waals surface area contributed by atoms with Crippen molar-refractivity contribution in [1.29, 1.82) is 5.26 Å². The molecule has 0 radical (unpaired) electrons. The second-order valence-electron chi connectivity index (χ2n) is 25.1. The Morgan fingerprint density at radius 2 is 0.788 bits per heavy atom. The zero-order chi connectivity index (χ0) is 75.4. The van der Waals surface area contributed by atoms with Gasteiger partial charge in [-0.25, -0.2) is 33.7 Å². The van der Waals surface area contributed by atoms with Gasteiger partial charge in [-0.2, -0.15) is 5.26 Å². The van der Waals surface area contributed by atoms with Crippen molar-refractivity contribution in [2.45, 2.75) is 131 Å². The number of nitrogens with zero attached hydrogens (tertiary/aromatic N) is 1. The van der Waals surface area contributed by atoms with Gasteiger partial charge in [0.05, 0.1) is 86.2 Å². The predicted octanol–water partition coefficient (Wildman–Crippen LogP) is 11.2. The van der Waals surface area contributed by atoms with E-state index in [0.717, 1.165) is 23.6 Å². The van der Waals surface area contributed by atoms with Crippen LogP contribution in [-0.2, 0) is 103 Å². The highest BCUT2D eigenvalue weighted by Gasteiger charge is 2.32. The van der Waals surface area contributed by atoms with Crippen LogP contribution in [0.4, 0.5) is 0 Å². The number of esters is 6. The molecular formula is C73H99NO21S4. The van der Waals surface area contributed by atoms with Crippen molar-refractivity contribution in [2.24, 2.45) is 47.3 Å². The molecule has 0 bridgehead atoms. The van der Waals surface area contributed by atoms with E-state index in [1.807, 2.05) is 42.5 Å². The van der Waals surface area contributed by atoms with Gasteiger partial charge in [-0.15, -0.1) is 0 Å². The van der Waals surface area contributed by atoms with Gasteiger partial charge in [-0.05, 0) is 61.2 Å². The molecule has 0 aromatic heterocycles. The smallest absolute Gasteiger partial charge is 0.309 e. The van der Waals surface area contributed by atoms with E-state index < -0.39 is 69.6 Å².